The number of carbonyl (C=O) groups is 2. The number of imide groups is 1. The first-order valence-corrected chi connectivity index (χ1v) is 12.3. The third-order valence-corrected chi connectivity index (χ3v) is 5.62. The maximum absolute atomic E-state index is 12.2. The fourth-order valence-corrected chi connectivity index (χ4v) is 3.74. The molecule has 0 bridgehead atoms. The molecule has 1 aliphatic heterocycles. The molecule has 4 rings (SSSR count). The number of aryl methyl sites for hydroxylation is 2. The van der Waals surface area contributed by atoms with E-state index in [0.29, 0.717) is 30.6 Å². The van der Waals surface area contributed by atoms with Gasteiger partial charge in [-0.1, -0.05) is 72.8 Å². The maximum Gasteiger partial charge on any atom is 0.261 e. The van der Waals surface area contributed by atoms with E-state index in [1.165, 1.54) is 16.0 Å². The van der Waals surface area contributed by atoms with Gasteiger partial charge in [0.05, 0.1) is 11.1 Å². The van der Waals surface area contributed by atoms with Gasteiger partial charge in [0.15, 0.2) is 0 Å². The molecule has 0 spiro atoms. The van der Waals surface area contributed by atoms with Crippen molar-refractivity contribution < 1.29 is 9.59 Å². The van der Waals surface area contributed by atoms with E-state index in [1.807, 2.05) is 24.3 Å². The summed E-state index contributed by atoms with van der Waals surface area (Å²) in [5, 5.41) is 0. The summed E-state index contributed by atoms with van der Waals surface area (Å²) < 4.78 is 0. The van der Waals surface area contributed by atoms with E-state index in [4.69, 9.17) is 5.73 Å². The van der Waals surface area contributed by atoms with Crippen LogP contribution in [-0.4, -0.2) is 29.8 Å². The van der Waals surface area contributed by atoms with Gasteiger partial charge in [-0.05, 0) is 36.1 Å². The third kappa shape index (κ3) is 8.27. The Balaban J connectivity index is 0.000000236. The second-order valence-electron chi connectivity index (χ2n) is 8.27. The molecule has 36 heavy (non-hydrogen) atoms. The second kappa shape index (κ2) is 15.0. The molecule has 3 aromatic rings. The van der Waals surface area contributed by atoms with E-state index in [0.717, 1.165) is 32.1 Å². The minimum Gasteiger partial charge on any atom is -0.330 e. The van der Waals surface area contributed by atoms with E-state index >= 15 is 0 Å². The van der Waals surface area contributed by atoms with Crippen molar-refractivity contribution in [3.8, 4) is 23.7 Å². The fourth-order valence-electron chi connectivity index (χ4n) is 3.74. The highest BCUT2D eigenvalue weighted by molar-refractivity contribution is 6.21. The molecule has 1 heterocycles. The number of rotatable bonds is 7. The molecule has 4 heteroatoms. The summed E-state index contributed by atoms with van der Waals surface area (Å²) in [5.74, 6) is 11.9. The smallest absolute Gasteiger partial charge is 0.261 e. The number of hydrogen-bond donors (Lipinski definition) is 1. The summed E-state index contributed by atoms with van der Waals surface area (Å²) in [6, 6.07) is 27.5. The van der Waals surface area contributed by atoms with Crippen LogP contribution in [0, 0.1) is 23.7 Å². The average molecular weight is 477 g/mol. The summed E-state index contributed by atoms with van der Waals surface area (Å²) in [6.07, 6.45) is 5.00. The van der Waals surface area contributed by atoms with Crippen molar-refractivity contribution in [2.75, 3.05) is 13.1 Å². The highest BCUT2D eigenvalue weighted by Gasteiger charge is 2.34. The van der Waals surface area contributed by atoms with Crippen molar-refractivity contribution in [3.63, 3.8) is 0 Å². The molecule has 0 radical (unpaired) electrons. The van der Waals surface area contributed by atoms with Crippen LogP contribution in [0.3, 0.4) is 0 Å². The van der Waals surface area contributed by atoms with Crippen molar-refractivity contribution in [1.29, 1.82) is 0 Å². The summed E-state index contributed by atoms with van der Waals surface area (Å²) in [5.41, 5.74) is 8.93. The largest absolute Gasteiger partial charge is 0.330 e. The van der Waals surface area contributed by atoms with Crippen LogP contribution < -0.4 is 5.73 Å². The topological polar surface area (TPSA) is 63.4 Å². The lowest BCUT2D eigenvalue weighted by Crippen LogP contribution is -2.30. The van der Waals surface area contributed by atoms with Crippen LogP contribution in [0.4, 0.5) is 0 Å². The van der Waals surface area contributed by atoms with Gasteiger partial charge in [-0.2, -0.15) is 0 Å². The normalized spacial score (nSPS) is 11.4. The van der Waals surface area contributed by atoms with Gasteiger partial charge in [0.25, 0.3) is 11.8 Å². The van der Waals surface area contributed by atoms with E-state index < -0.39 is 0 Å². The standard InChI is InChI=1S/C20H17NO2.C12H15N/c22-19-17-13-7-8-14-18(17)20(23)21(19)15-9-2-1-4-10-16-11-5-3-6-12-16;13-11-7-2-1-4-8-12-9-5-3-6-10-12/h3,5-8,11-14H,4,9-10,15H2;3,5-6,9-10H,4,7-8,11,13H2. The van der Waals surface area contributed by atoms with Gasteiger partial charge in [-0.3, -0.25) is 14.5 Å². The molecule has 182 valence electrons. The van der Waals surface area contributed by atoms with Crippen molar-refractivity contribution in [3.05, 3.63) is 107 Å². The summed E-state index contributed by atoms with van der Waals surface area (Å²) in [4.78, 5) is 25.6. The number of amides is 2. The summed E-state index contributed by atoms with van der Waals surface area (Å²) >= 11 is 0. The number of benzene rings is 3. The van der Waals surface area contributed by atoms with Crippen LogP contribution in [0.2, 0.25) is 0 Å². The van der Waals surface area contributed by atoms with E-state index in [1.54, 1.807) is 24.3 Å². The van der Waals surface area contributed by atoms with E-state index in [2.05, 4.69) is 60.1 Å². The lowest BCUT2D eigenvalue weighted by Gasteiger charge is -2.11. The minimum atomic E-state index is -0.211. The molecule has 2 N–H and O–H groups in total. The van der Waals surface area contributed by atoms with Crippen LogP contribution in [0.1, 0.15) is 57.5 Å². The number of carbonyl (C=O) groups excluding carboxylic acids is 2. The van der Waals surface area contributed by atoms with Crippen molar-refractivity contribution in [1.82, 2.24) is 4.90 Å². The molecule has 3 aromatic carbocycles. The Hall–Kier alpha value is -4.12. The Morgan fingerprint density at radius 3 is 1.44 bits per heavy atom. The van der Waals surface area contributed by atoms with Crippen LogP contribution in [0.5, 0.6) is 0 Å². The summed E-state index contributed by atoms with van der Waals surface area (Å²) in [6.45, 7) is 1.02. The Kier molecular flexibility index (Phi) is 11.0. The molecular weight excluding hydrogens is 444 g/mol. The Bertz CT molecular complexity index is 1210. The highest BCUT2D eigenvalue weighted by Crippen LogP contribution is 2.22. The lowest BCUT2D eigenvalue weighted by molar-refractivity contribution is 0.0658. The van der Waals surface area contributed by atoms with Crippen molar-refractivity contribution in [2.45, 2.75) is 38.5 Å². The second-order valence-corrected chi connectivity index (χ2v) is 8.27. The van der Waals surface area contributed by atoms with Crippen LogP contribution in [0.15, 0.2) is 84.9 Å². The fraction of sp³-hybridized carbons (Fsp3) is 0.250. The molecule has 4 nitrogen and oxygen atoms in total. The minimum absolute atomic E-state index is 0.211. The molecular formula is C32H32N2O2. The van der Waals surface area contributed by atoms with Gasteiger partial charge in [-0.15, -0.1) is 23.7 Å². The Morgan fingerprint density at radius 2 is 0.972 bits per heavy atom. The zero-order valence-corrected chi connectivity index (χ0v) is 20.6. The first kappa shape index (κ1) is 26.5. The number of nitrogens with zero attached hydrogens (tertiary/aromatic N) is 1. The van der Waals surface area contributed by atoms with Gasteiger partial charge >= 0.3 is 0 Å². The first-order chi connectivity index (χ1) is 17.7. The molecule has 0 aromatic heterocycles. The van der Waals surface area contributed by atoms with Gasteiger partial charge in [0.2, 0.25) is 0 Å². The third-order valence-electron chi connectivity index (χ3n) is 5.62. The van der Waals surface area contributed by atoms with Gasteiger partial charge in [-0.25, -0.2) is 0 Å². The predicted octanol–water partition coefficient (Wildman–Crippen LogP) is 5.28. The van der Waals surface area contributed by atoms with Crippen molar-refractivity contribution in [2.24, 2.45) is 5.73 Å². The van der Waals surface area contributed by atoms with Gasteiger partial charge in [0.1, 0.15) is 0 Å². The van der Waals surface area contributed by atoms with Crippen LogP contribution >= 0.6 is 0 Å². The maximum atomic E-state index is 12.2. The lowest BCUT2D eigenvalue weighted by atomic mass is 10.1. The number of fused-ring (bicyclic) bond motifs is 1. The van der Waals surface area contributed by atoms with Crippen LogP contribution in [-0.2, 0) is 12.8 Å². The molecule has 1 aliphatic rings. The molecule has 0 atom stereocenters. The Morgan fingerprint density at radius 1 is 0.556 bits per heavy atom. The highest BCUT2D eigenvalue weighted by atomic mass is 16.2. The van der Waals surface area contributed by atoms with E-state index in [-0.39, 0.29) is 11.8 Å². The molecule has 2 amide bonds. The zero-order valence-electron chi connectivity index (χ0n) is 20.6. The molecule has 0 fully saturated rings. The average Bonchev–Trinajstić information content (AvgIpc) is 3.17. The van der Waals surface area contributed by atoms with Gasteiger partial charge in [0, 0.05) is 38.8 Å². The zero-order chi connectivity index (χ0) is 25.4. The molecule has 0 saturated heterocycles. The van der Waals surface area contributed by atoms with E-state index in [9.17, 15) is 9.59 Å². The molecule has 0 aliphatic carbocycles. The monoisotopic (exact) mass is 476 g/mol. The number of hydrogen-bond acceptors (Lipinski definition) is 3. The van der Waals surface area contributed by atoms with Gasteiger partial charge < -0.3 is 5.73 Å². The molecule has 0 saturated carbocycles. The summed E-state index contributed by atoms with van der Waals surface area (Å²) in [7, 11) is 0. The first-order valence-electron chi connectivity index (χ1n) is 12.3. The van der Waals surface area contributed by atoms with Crippen LogP contribution in [0.25, 0.3) is 0 Å². The number of nitrogens with two attached hydrogens (primary N) is 1. The SMILES string of the molecule is NCCC#CCCc1ccccc1.O=C1c2ccccc2C(=O)N1CCC#CCCc1ccccc1. The quantitative estimate of drug-likeness (QED) is 0.373. The predicted molar refractivity (Wildman–Crippen MR) is 145 cm³/mol. The van der Waals surface area contributed by atoms with Crippen molar-refractivity contribution >= 4 is 11.8 Å². The Labute approximate surface area is 214 Å². The molecule has 0 unspecified atom stereocenters.